The molecule has 0 saturated carbocycles. The smallest absolute Gasteiger partial charge is 0.222 e. The number of halogens is 2. The van der Waals surface area contributed by atoms with E-state index in [2.05, 4.69) is 4.98 Å². The van der Waals surface area contributed by atoms with E-state index in [0.29, 0.717) is 15.1 Å². The molecule has 0 amide bonds. The average Bonchev–Trinajstić information content (AvgIpc) is 2.50. The fourth-order valence-electron chi connectivity index (χ4n) is 1.08. The van der Waals surface area contributed by atoms with E-state index < -0.39 is 0 Å². The largest absolute Gasteiger partial charge is 0.493 e. The predicted octanol–water partition coefficient (Wildman–Crippen LogP) is 3.82. The maximum Gasteiger partial charge on any atom is 0.222 e. The Balaban J connectivity index is 2.51. The van der Waals surface area contributed by atoms with Gasteiger partial charge in [-0.15, -0.1) is 11.3 Å². The van der Waals surface area contributed by atoms with E-state index in [0.717, 1.165) is 5.56 Å². The fourth-order valence-corrected chi connectivity index (χ4v) is 2.27. The molecule has 2 rings (SSSR count). The zero-order valence-corrected chi connectivity index (χ0v) is 9.20. The molecule has 0 saturated heterocycles. The van der Waals surface area contributed by atoms with Crippen LogP contribution < -0.4 is 0 Å². The summed E-state index contributed by atoms with van der Waals surface area (Å²) in [6.45, 7) is 0. The van der Waals surface area contributed by atoms with Gasteiger partial charge in [0.05, 0.1) is 5.38 Å². The van der Waals surface area contributed by atoms with Gasteiger partial charge in [0.1, 0.15) is 5.01 Å². The van der Waals surface area contributed by atoms with E-state index in [1.165, 1.54) is 11.3 Å². The number of aromatic hydroxyl groups is 1. The molecule has 0 bridgehead atoms. The van der Waals surface area contributed by atoms with Crippen molar-refractivity contribution < 1.29 is 5.11 Å². The maximum absolute atomic E-state index is 9.09. The van der Waals surface area contributed by atoms with Crippen molar-refractivity contribution >= 4 is 34.5 Å². The summed E-state index contributed by atoms with van der Waals surface area (Å²) >= 11 is 13.0. The van der Waals surface area contributed by atoms with Gasteiger partial charge in [-0.05, 0) is 18.2 Å². The first-order valence-electron chi connectivity index (χ1n) is 3.76. The third kappa shape index (κ3) is 2.00. The molecule has 1 aromatic heterocycles. The van der Waals surface area contributed by atoms with Crippen molar-refractivity contribution in [2.24, 2.45) is 0 Å². The predicted molar refractivity (Wildman–Crippen MR) is 59.2 cm³/mol. The molecule has 1 N–H and O–H groups in total. The molecule has 2 nitrogen and oxygen atoms in total. The van der Waals surface area contributed by atoms with Crippen molar-refractivity contribution in [3.8, 4) is 16.5 Å². The molecule has 1 aromatic carbocycles. The number of thiazole rings is 1. The van der Waals surface area contributed by atoms with E-state index in [4.69, 9.17) is 28.3 Å². The number of rotatable bonds is 1. The lowest BCUT2D eigenvalue weighted by molar-refractivity contribution is 0.458. The van der Waals surface area contributed by atoms with E-state index in [1.54, 1.807) is 23.6 Å². The van der Waals surface area contributed by atoms with Gasteiger partial charge in [0.25, 0.3) is 0 Å². The van der Waals surface area contributed by atoms with Crippen molar-refractivity contribution in [1.29, 1.82) is 0 Å². The summed E-state index contributed by atoms with van der Waals surface area (Å²) in [4.78, 5) is 3.92. The van der Waals surface area contributed by atoms with Crippen LogP contribution in [-0.2, 0) is 0 Å². The zero-order chi connectivity index (χ0) is 10.1. The molecule has 0 atom stereocenters. The Hall–Kier alpha value is -0.770. The highest BCUT2D eigenvalue weighted by Gasteiger charge is 2.05. The third-order valence-corrected chi connectivity index (χ3v) is 2.92. The molecule has 2 aromatic rings. The molecular weight excluding hydrogens is 241 g/mol. The molecule has 5 heteroatoms. The first-order valence-corrected chi connectivity index (χ1v) is 5.39. The van der Waals surface area contributed by atoms with Gasteiger partial charge in [-0.1, -0.05) is 23.2 Å². The lowest BCUT2D eigenvalue weighted by Crippen LogP contribution is -1.76. The van der Waals surface area contributed by atoms with E-state index >= 15 is 0 Å². The van der Waals surface area contributed by atoms with Crippen LogP contribution in [0.5, 0.6) is 5.88 Å². The number of hydrogen-bond donors (Lipinski definition) is 1. The van der Waals surface area contributed by atoms with Crippen molar-refractivity contribution in [1.82, 2.24) is 4.98 Å². The van der Waals surface area contributed by atoms with Crippen LogP contribution in [0.15, 0.2) is 23.6 Å². The molecule has 0 aliphatic rings. The number of hydrogen-bond acceptors (Lipinski definition) is 3. The number of nitrogens with zero attached hydrogens (tertiary/aromatic N) is 1. The Kier molecular flexibility index (Phi) is 2.63. The van der Waals surface area contributed by atoms with Crippen LogP contribution in [0, 0.1) is 0 Å². The zero-order valence-electron chi connectivity index (χ0n) is 6.87. The monoisotopic (exact) mass is 245 g/mol. The Morgan fingerprint density at radius 1 is 1.14 bits per heavy atom. The van der Waals surface area contributed by atoms with Crippen molar-refractivity contribution in [3.63, 3.8) is 0 Å². The maximum atomic E-state index is 9.09. The third-order valence-electron chi connectivity index (χ3n) is 1.60. The van der Waals surface area contributed by atoms with Crippen LogP contribution in [0.4, 0.5) is 0 Å². The molecule has 0 fully saturated rings. The van der Waals surface area contributed by atoms with E-state index in [9.17, 15) is 0 Å². The summed E-state index contributed by atoms with van der Waals surface area (Å²) in [5, 5.41) is 12.5. The number of benzene rings is 1. The molecule has 0 aliphatic heterocycles. The molecule has 0 unspecified atom stereocenters. The fraction of sp³-hybridized carbons (Fsp3) is 0. The highest BCUT2D eigenvalue weighted by molar-refractivity contribution is 7.13. The van der Waals surface area contributed by atoms with Gasteiger partial charge in [0, 0.05) is 15.6 Å². The minimum Gasteiger partial charge on any atom is -0.493 e. The molecular formula is C9H5Cl2NOS. The second-order valence-electron chi connectivity index (χ2n) is 2.67. The first-order chi connectivity index (χ1) is 6.65. The summed E-state index contributed by atoms with van der Waals surface area (Å²) in [7, 11) is 0. The Bertz CT molecular complexity index is 449. The van der Waals surface area contributed by atoms with Gasteiger partial charge in [0.2, 0.25) is 5.88 Å². The van der Waals surface area contributed by atoms with Crippen LogP contribution in [0.1, 0.15) is 0 Å². The van der Waals surface area contributed by atoms with Gasteiger partial charge < -0.3 is 5.11 Å². The number of aromatic nitrogens is 1. The Morgan fingerprint density at radius 2 is 1.79 bits per heavy atom. The quantitative estimate of drug-likeness (QED) is 0.829. The Labute approximate surface area is 94.7 Å². The van der Waals surface area contributed by atoms with Crippen molar-refractivity contribution in [2.45, 2.75) is 0 Å². The highest BCUT2D eigenvalue weighted by Crippen LogP contribution is 2.30. The summed E-state index contributed by atoms with van der Waals surface area (Å²) in [5.74, 6) is 0.0149. The minimum absolute atomic E-state index is 0.0149. The Morgan fingerprint density at radius 3 is 2.29 bits per heavy atom. The average molecular weight is 246 g/mol. The van der Waals surface area contributed by atoms with Crippen LogP contribution in [0.25, 0.3) is 10.6 Å². The lowest BCUT2D eigenvalue weighted by atomic mass is 10.2. The van der Waals surface area contributed by atoms with Gasteiger partial charge in [-0.25, -0.2) is 4.98 Å². The topological polar surface area (TPSA) is 33.1 Å². The first kappa shape index (κ1) is 9.77. The van der Waals surface area contributed by atoms with Gasteiger partial charge in [0.15, 0.2) is 0 Å². The molecule has 0 aliphatic carbocycles. The normalized spacial score (nSPS) is 10.4. The van der Waals surface area contributed by atoms with Gasteiger partial charge in [-0.3, -0.25) is 0 Å². The minimum atomic E-state index is 0.0149. The van der Waals surface area contributed by atoms with E-state index in [-0.39, 0.29) is 5.88 Å². The lowest BCUT2D eigenvalue weighted by Gasteiger charge is -1.98. The van der Waals surface area contributed by atoms with Crippen LogP contribution in [0.3, 0.4) is 0 Å². The van der Waals surface area contributed by atoms with Crippen molar-refractivity contribution in [3.05, 3.63) is 33.6 Å². The van der Waals surface area contributed by atoms with E-state index in [1.807, 2.05) is 0 Å². The summed E-state index contributed by atoms with van der Waals surface area (Å²) in [5.41, 5.74) is 0.813. The second kappa shape index (κ2) is 3.77. The molecule has 1 heterocycles. The summed E-state index contributed by atoms with van der Waals surface area (Å²) in [6.07, 6.45) is 0. The van der Waals surface area contributed by atoms with Crippen molar-refractivity contribution in [2.75, 3.05) is 0 Å². The second-order valence-corrected chi connectivity index (χ2v) is 4.40. The van der Waals surface area contributed by atoms with Crippen LogP contribution in [-0.4, -0.2) is 10.1 Å². The van der Waals surface area contributed by atoms with Crippen LogP contribution >= 0.6 is 34.5 Å². The highest BCUT2D eigenvalue weighted by atomic mass is 35.5. The SMILES string of the molecule is Oc1csc(-c2cc(Cl)cc(Cl)c2)n1. The summed E-state index contributed by atoms with van der Waals surface area (Å²) in [6, 6.07) is 5.16. The summed E-state index contributed by atoms with van der Waals surface area (Å²) < 4.78 is 0. The van der Waals surface area contributed by atoms with Gasteiger partial charge >= 0.3 is 0 Å². The molecule has 0 radical (unpaired) electrons. The van der Waals surface area contributed by atoms with Gasteiger partial charge in [-0.2, -0.15) is 0 Å². The molecule has 72 valence electrons. The molecule has 0 spiro atoms. The van der Waals surface area contributed by atoms with Crippen LogP contribution in [0.2, 0.25) is 10.0 Å². The standard InChI is InChI=1S/C9H5Cl2NOS/c10-6-1-5(2-7(11)3-6)9-12-8(13)4-14-9/h1-4,13H. The molecule has 14 heavy (non-hydrogen) atoms.